The fraction of sp³-hybridized carbons (Fsp3) is 0.571. The number of benzene rings is 1. The number of morpholine rings is 1. The van der Waals surface area contributed by atoms with E-state index >= 15 is 0 Å². The molecule has 1 aliphatic rings. The fourth-order valence-electron chi connectivity index (χ4n) is 2.12. The highest BCUT2D eigenvalue weighted by Gasteiger charge is 2.14. The monoisotopic (exact) mass is 298 g/mol. The van der Waals surface area contributed by atoms with Crippen molar-refractivity contribution in [2.24, 2.45) is 0 Å². The molecule has 1 heterocycles. The second-order valence-corrected chi connectivity index (χ2v) is 6.18. The lowest BCUT2D eigenvalue weighted by Crippen LogP contribution is -2.38. The Balaban J connectivity index is 1.95. The lowest BCUT2D eigenvalue weighted by Gasteiger charge is -2.26. The summed E-state index contributed by atoms with van der Waals surface area (Å²) in [6, 6.07) is 5.35. The van der Waals surface area contributed by atoms with E-state index in [1.54, 1.807) is 12.1 Å². The minimum absolute atomic E-state index is 0.564. The Morgan fingerprint density at radius 3 is 2.85 bits per heavy atom. The van der Waals surface area contributed by atoms with Gasteiger partial charge >= 0.3 is 0 Å². The Labute approximate surface area is 122 Å². The molecule has 5 nitrogen and oxygen atoms in total. The molecule has 2 N–H and O–H groups in total. The molecule has 6 heteroatoms. The zero-order chi connectivity index (χ0) is 14.4. The van der Waals surface area contributed by atoms with Crippen LogP contribution in [0.25, 0.3) is 0 Å². The predicted octanol–water partition coefficient (Wildman–Crippen LogP) is 1.11. The van der Waals surface area contributed by atoms with Crippen LogP contribution in [-0.4, -0.2) is 54.3 Å². The summed E-state index contributed by atoms with van der Waals surface area (Å²) >= 11 is 0. The molecule has 1 atom stereocenters. The molecule has 20 heavy (non-hydrogen) atoms. The third kappa shape index (κ3) is 4.19. The molecule has 1 aliphatic heterocycles. The summed E-state index contributed by atoms with van der Waals surface area (Å²) in [6.45, 7) is 6.64. The lowest BCUT2D eigenvalue weighted by molar-refractivity contribution is 0.0409. The summed E-state index contributed by atoms with van der Waals surface area (Å²) in [5, 5.41) is 0. The number of hydrogen-bond donors (Lipinski definition) is 1. The van der Waals surface area contributed by atoms with Gasteiger partial charge in [0.2, 0.25) is 0 Å². The quantitative estimate of drug-likeness (QED) is 0.797. The lowest BCUT2D eigenvalue weighted by atomic mass is 10.3. The van der Waals surface area contributed by atoms with Crippen LogP contribution in [0.2, 0.25) is 0 Å². The second kappa shape index (κ2) is 7.61. The van der Waals surface area contributed by atoms with Gasteiger partial charge in [-0.2, -0.15) is 0 Å². The summed E-state index contributed by atoms with van der Waals surface area (Å²) in [5.41, 5.74) is 6.48. The van der Waals surface area contributed by atoms with Crippen LogP contribution in [0.1, 0.15) is 6.92 Å². The zero-order valence-corrected chi connectivity index (χ0v) is 12.7. The number of nitrogen functional groups attached to an aromatic ring is 1. The Morgan fingerprint density at radius 2 is 2.15 bits per heavy atom. The Bertz CT molecular complexity index is 462. The van der Waals surface area contributed by atoms with E-state index in [4.69, 9.17) is 15.2 Å². The van der Waals surface area contributed by atoms with E-state index in [0.717, 1.165) is 38.6 Å². The van der Waals surface area contributed by atoms with Gasteiger partial charge in [0.15, 0.2) is 0 Å². The summed E-state index contributed by atoms with van der Waals surface area (Å²) in [6.07, 6.45) is 0. The molecule has 1 aromatic rings. The van der Waals surface area contributed by atoms with Crippen molar-refractivity contribution in [1.82, 2.24) is 4.90 Å². The number of anilines is 1. The molecular weight excluding hydrogens is 276 g/mol. The van der Waals surface area contributed by atoms with Crippen LogP contribution in [0.4, 0.5) is 5.69 Å². The Morgan fingerprint density at radius 1 is 1.40 bits per heavy atom. The van der Waals surface area contributed by atoms with E-state index < -0.39 is 10.8 Å². The molecule has 1 aromatic carbocycles. The number of nitrogens with zero attached hydrogens (tertiary/aromatic N) is 1. The van der Waals surface area contributed by atoms with Gasteiger partial charge in [-0.15, -0.1) is 0 Å². The fourth-order valence-corrected chi connectivity index (χ4v) is 3.34. The van der Waals surface area contributed by atoms with Crippen LogP contribution in [0, 0.1) is 0 Å². The molecule has 0 spiro atoms. The smallest absolute Gasteiger partial charge is 0.120 e. The molecule has 0 bridgehead atoms. The maximum Gasteiger partial charge on any atom is 0.120 e. The van der Waals surface area contributed by atoms with Crippen molar-refractivity contribution in [3.8, 4) is 5.75 Å². The van der Waals surface area contributed by atoms with Crippen LogP contribution in [0.15, 0.2) is 23.1 Å². The van der Waals surface area contributed by atoms with E-state index in [2.05, 4.69) is 4.90 Å². The molecular formula is C14H22N2O3S. The molecule has 0 saturated carbocycles. The number of hydrogen-bond acceptors (Lipinski definition) is 5. The van der Waals surface area contributed by atoms with Gasteiger partial charge in [0.25, 0.3) is 0 Å². The van der Waals surface area contributed by atoms with Crippen LogP contribution < -0.4 is 10.5 Å². The third-order valence-corrected chi connectivity index (χ3v) is 4.64. The van der Waals surface area contributed by atoms with Crippen molar-refractivity contribution in [3.63, 3.8) is 0 Å². The average molecular weight is 298 g/mol. The standard InChI is InChI=1S/C14H22N2O3S/c1-2-19-12-3-4-13(15)14(11-12)20(17)10-7-16-5-8-18-9-6-16/h3-4,11H,2,5-10,15H2,1H3. The van der Waals surface area contributed by atoms with Gasteiger partial charge in [0.05, 0.1) is 35.5 Å². The first-order valence-corrected chi connectivity index (χ1v) is 8.23. The second-order valence-electron chi connectivity index (χ2n) is 4.64. The first-order valence-electron chi connectivity index (χ1n) is 6.91. The first-order chi connectivity index (χ1) is 9.70. The zero-order valence-electron chi connectivity index (χ0n) is 11.8. The van der Waals surface area contributed by atoms with Gasteiger partial charge < -0.3 is 15.2 Å². The molecule has 1 fully saturated rings. The van der Waals surface area contributed by atoms with E-state index in [1.165, 1.54) is 0 Å². The van der Waals surface area contributed by atoms with Gasteiger partial charge in [-0.05, 0) is 25.1 Å². The SMILES string of the molecule is CCOc1ccc(N)c(S(=O)CCN2CCOCC2)c1. The maximum absolute atomic E-state index is 12.4. The molecule has 0 radical (unpaired) electrons. The van der Waals surface area contributed by atoms with Gasteiger partial charge in [0.1, 0.15) is 5.75 Å². The van der Waals surface area contributed by atoms with Crippen molar-refractivity contribution in [1.29, 1.82) is 0 Å². The van der Waals surface area contributed by atoms with E-state index in [1.807, 2.05) is 13.0 Å². The van der Waals surface area contributed by atoms with Crippen LogP contribution >= 0.6 is 0 Å². The number of rotatable bonds is 6. The average Bonchev–Trinajstić information content (AvgIpc) is 2.48. The molecule has 0 aromatic heterocycles. The van der Waals surface area contributed by atoms with Crippen LogP contribution in [0.3, 0.4) is 0 Å². The van der Waals surface area contributed by atoms with Crippen molar-refractivity contribution in [2.45, 2.75) is 11.8 Å². The van der Waals surface area contributed by atoms with Crippen molar-refractivity contribution < 1.29 is 13.7 Å². The summed E-state index contributed by atoms with van der Waals surface area (Å²) in [4.78, 5) is 2.94. The molecule has 112 valence electrons. The largest absolute Gasteiger partial charge is 0.494 e. The van der Waals surface area contributed by atoms with E-state index in [9.17, 15) is 4.21 Å². The Hall–Kier alpha value is -1.11. The molecule has 2 rings (SSSR count). The first kappa shape index (κ1) is 15.3. The van der Waals surface area contributed by atoms with E-state index in [0.29, 0.717) is 22.9 Å². The van der Waals surface area contributed by atoms with Gasteiger partial charge in [-0.3, -0.25) is 9.11 Å². The van der Waals surface area contributed by atoms with E-state index in [-0.39, 0.29) is 0 Å². The summed E-state index contributed by atoms with van der Waals surface area (Å²) < 4.78 is 23.1. The normalized spacial score (nSPS) is 17.9. The minimum atomic E-state index is -1.10. The van der Waals surface area contributed by atoms with Gasteiger partial charge in [-0.25, -0.2) is 0 Å². The third-order valence-electron chi connectivity index (χ3n) is 3.24. The summed E-state index contributed by atoms with van der Waals surface area (Å²) in [5.74, 6) is 1.30. The van der Waals surface area contributed by atoms with Crippen molar-refractivity contribution in [3.05, 3.63) is 18.2 Å². The molecule has 0 amide bonds. The Kier molecular flexibility index (Phi) is 5.82. The van der Waals surface area contributed by atoms with Gasteiger partial charge in [0, 0.05) is 31.1 Å². The number of nitrogens with two attached hydrogens (primary N) is 1. The predicted molar refractivity (Wildman–Crippen MR) is 80.6 cm³/mol. The number of ether oxygens (including phenoxy) is 2. The highest BCUT2D eigenvalue weighted by molar-refractivity contribution is 7.85. The highest BCUT2D eigenvalue weighted by Crippen LogP contribution is 2.23. The molecule has 1 unspecified atom stereocenters. The molecule has 0 aliphatic carbocycles. The van der Waals surface area contributed by atoms with Crippen molar-refractivity contribution in [2.75, 3.05) is 50.9 Å². The summed E-state index contributed by atoms with van der Waals surface area (Å²) in [7, 11) is -1.10. The van der Waals surface area contributed by atoms with Crippen molar-refractivity contribution >= 4 is 16.5 Å². The topological polar surface area (TPSA) is 64.8 Å². The van der Waals surface area contributed by atoms with Crippen LogP contribution in [-0.2, 0) is 15.5 Å². The highest BCUT2D eigenvalue weighted by atomic mass is 32.2. The minimum Gasteiger partial charge on any atom is -0.494 e. The molecule has 1 saturated heterocycles. The van der Waals surface area contributed by atoms with Gasteiger partial charge in [-0.1, -0.05) is 0 Å². The van der Waals surface area contributed by atoms with Crippen LogP contribution in [0.5, 0.6) is 5.75 Å². The maximum atomic E-state index is 12.4.